The van der Waals surface area contributed by atoms with Gasteiger partial charge < -0.3 is 15.4 Å². The third kappa shape index (κ3) is 7.22. The van der Waals surface area contributed by atoms with Crippen LogP contribution in [0.3, 0.4) is 0 Å². The molecule has 0 radical (unpaired) electrons. The van der Waals surface area contributed by atoms with Crippen molar-refractivity contribution in [1.82, 2.24) is 15.6 Å². The van der Waals surface area contributed by atoms with E-state index in [0.29, 0.717) is 12.4 Å². The number of hydrogen-bond donors (Lipinski definition) is 2. The molecule has 1 saturated carbocycles. The molecule has 1 heterocycles. The number of anilines is 1. The number of carbonyl (C=O) groups excluding carboxylic acids is 2. The summed E-state index contributed by atoms with van der Waals surface area (Å²) in [7, 11) is 0. The number of alkyl carbamates (subject to hydrolysis) is 1. The quantitative estimate of drug-likeness (QED) is 0.573. The van der Waals surface area contributed by atoms with Gasteiger partial charge in [0.25, 0.3) is 0 Å². The molecule has 1 aliphatic carbocycles. The summed E-state index contributed by atoms with van der Waals surface area (Å²) in [5, 5.41) is 5.98. The zero-order valence-electron chi connectivity index (χ0n) is 18.8. The van der Waals surface area contributed by atoms with Gasteiger partial charge in [-0.15, -0.1) is 0 Å². The van der Waals surface area contributed by atoms with E-state index in [-0.39, 0.29) is 18.1 Å². The number of amides is 3. The molecule has 0 saturated heterocycles. The second-order valence-corrected chi connectivity index (χ2v) is 9.92. The van der Waals surface area contributed by atoms with Gasteiger partial charge in [-0.25, -0.2) is 14.6 Å². The lowest BCUT2D eigenvalue weighted by atomic mass is 9.90. The highest BCUT2D eigenvalue weighted by Gasteiger charge is 2.32. The zero-order chi connectivity index (χ0) is 23.1. The topological polar surface area (TPSA) is 83.6 Å². The van der Waals surface area contributed by atoms with E-state index in [9.17, 15) is 9.59 Å². The van der Waals surface area contributed by atoms with Crippen LogP contribution >= 0.6 is 15.9 Å². The zero-order valence-corrected chi connectivity index (χ0v) is 20.4. The summed E-state index contributed by atoms with van der Waals surface area (Å²) in [6.07, 6.45) is 4.36. The third-order valence-electron chi connectivity index (χ3n) is 5.25. The molecule has 2 aromatic rings. The van der Waals surface area contributed by atoms with Crippen molar-refractivity contribution in [3.05, 3.63) is 58.7 Å². The summed E-state index contributed by atoms with van der Waals surface area (Å²) in [6.45, 7) is 5.99. The summed E-state index contributed by atoms with van der Waals surface area (Å²) >= 11 is 3.41. The summed E-state index contributed by atoms with van der Waals surface area (Å²) < 4.78 is 6.23. The van der Waals surface area contributed by atoms with E-state index in [4.69, 9.17) is 4.74 Å². The van der Waals surface area contributed by atoms with Crippen molar-refractivity contribution in [3.8, 4) is 0 Å². The molecule has 32 heavy (non-hydrogen) atoms. The Morgan fingerprint density at radius 2 is 1.78 bits per heavy atom. The predicted molar refractivity (Wildman–Crippen MR) is 129 cm³/mol. The number of benzene rings is 1. The number of carbonyl (C=O) groups is 2. The van der Waals surface area contributed by atoms with E-state index in [1.54, 1.807) is 11.1 Å². The lowest BCUT2D eigenvalue weighted by Gasteiger charge is -2.36. The first-order chi connectivity index (χ1) is 15.2. The SMILES string of the molecule is CC(C)(C)OC(=O)N[C@H]1CC[C@H](N(C(=O)NCc2ccccc2)c2ccc(Br)cn2)CC1. The molecule has 3 rings (SSSR count). The van der Waals surface area contributed by atoms with E-state index in [0.717, 1.165) is 35.7 Å². The Bertz CT molecular complexity index is 892. The molecular formula is C24H31BrN4O3. The van der Waals surface area contributed by atoms with E-state index < -0.39 is 11.7 Å². The molecule has 2 N–H and O–H groups in total. The van der Waals surface area contributed by atoms with Crippen molar-refractivity contribution in [2.75, 3.05) is 4.90 Å². The van der Waals surface area contributed by atoms with Crippen molar-refractivity contribution in [3.63, 3.8) is 0 Å². The first-order valence-electron chi connectivity index (χ1n) is 10.9. The highest BCUT2D eigenvalue weighted by atomic mass is 79.9. The predicted octanol–water partition coefficient (Wildman–Crippen LogP) is 5.40. The minimum absolute atomic E-state index is 0.00358. The van der Waals surface area contributed by atoms with Crippen molar-refractivity contribution in [2.24, 2.45) is 0 Å². The number of rotatable bonds is 5. The van der Waals surface area contributed by atoms with E-state index in [2.05, 4.69) is 31.5 Å². The Labute approximate surface area is 198 Å². The van der Waals surface area contributed by atoms with Crippen molar-refractivity contribution in [2.45, 2.75) is 70.7 Å². The third-order valence-corrected chi connectivity index (χ3v) is 5.72. The lowest BCUT2D eigenvalue weighted by molar-refractivity contribution is 0.0491. The van der Waals surface area contributed by atoms with Crippen LogP contribution in [0.5, 0.6) is 0 Å². The van der Waals surface area contributed by atoms with E-state index in [1.807, 2.05) is 63.2 Å². The molecule has 1 aromatic carbocycles. The lowest BCUT2D eigenvalue weighted by Crippen LogP contribution is -2.50. The standard InChI is InChI=1S/C24H31BrN4O3/c1-24(2,3)32-23(31)28-19-10-12-20(13-11-19)29(21-14-9-18(25)16-26-21)22(30)27-15-17-7-5-4-6-8-17/h4-9,14,16,19-20H,10-13,15H2,1-3H3,(H,27,30)(H,28,31)/t19-,20-. The molecule has 1 aliphatic rings. The average molecular weight is 503 g/mol. The van der Waals surface area contributed by atoms with Crippen LogP contribution in [0.1, 0.15) is 52.0 Å². The van der Waals surface area contributed by atoms with Crippen molar-refractivity contribution >= 4 is 33.9 Å². The van der Waals surface area contributed by atoms with Crippen LogP contribution in [0.15, 0.2) is 53.1 Å². The summed E-state index contributed by atoms with van der Waals surface area (Å²) in [6, 6.07) is 13.4. The molecule has 0 bridgehead atoms. The van der Waals surface area contributed by atoms with Gasteiger partial charge in [-0.05, 0) is 80.1 Å². The maximum Gasteiger partial charge on any atom is 0.407 e. The largest absolute Gasteiger partial charge is 0.444 e. The Morgan fingerprint density at radius 1 is 1.09 bits per heavy atom. The van der Waals surface area contributed by atoms with Gasteiger partial charge >= 0.3 is 12.1 Å². The molecule has 7 nitrogen and oxygen atoms in total. The first-order valence-corrected chi connectivity index (χ1v) is 11.7. The van der Waals surface area contributed by atoms with Crippen LogP contribution < -0.4 is 15.5 Å². The molecule has 0 atom stereocenters. The van der Waals surface area contributed by atoms with Gasteiger partial charge in [0.1, 0.15) is 11.4 Å². The van der Waals surface area contributed by atoms with Crippen molar-refractivity contribution in [1.29, 1.82) is 0 Å². The Balaban J connectivity index is 1.64. The van der Waals surface area contributed by atoms with Gasteiger partial charge in [-0.3, -0.25) is 4.90 Å². The maximum atomic E-state index is 13.2. The Hall–Kier alpha value is -2.61. The van der Waals surface area contributed by atoms with Crippen LogP contribution in [0.2, 0.25) is 0 Å². The molecule has 172 valence electrons. The Morgan fingerprint density at radius 3 is 2.38 bits per heavy atom. The molecular weight excluding hydrogens is 472 g/mol. The molecule has 0 unspecified atom stereocenters. The number of nitrogens with zero attached hydrogens (tertiary/aromatic N) is 2. The smallest absolute Gasteiger partial charge is 0.407 e. The van der Waals surface area contributed by atoms with Crippen LogP contribution in [0, 0.1) is 0 Å². The van der Waals surface area contributed by atoms with E-state index >= 15 is 0 Å². The number of halogens is 1. The van der Waals surface area contributed by atoms with Crippen LogP contribution in [-0.2, 0) is 11.3 Å². The van der Waals surface area contributed by atoms with Crippen LogP contribution in [-0.4, -0.2) is 34.8 Å². The fourth-order valence-electron chi connectivity index (χ4n) is 3.78. The van der Waals surface area contributed by atoms with Gasteiger partial charge in [0.2, 0.25) is 0 Å². The second kappa shape index (κ2) is 10.8. The number of pyridine rings is 1. The van der Waals surface area contributed by atoms with Crippen LogP contribution in [0.4, 0.5) is 15.4 Å². The van der Waals surface area contributed by atoms with Gasteiger partial charge in [0.15, 0.2) is 0 Å². The molecule has 1 aromatic heterocycles. The first kappa shape index (κ1) is 24.0. The highest BCUT2D eigenvalue weighted by Crippen LogP contribution is 2.28. The fourth-order valence-corrected chi connectivity index (χ4v) is 4.01. The van der Waals surface area contributed by atoms with Gasteiger partial charge in [-0.2, -0.15) is 0 Å². The molecule has 0 spiro atoms. The fraction of sp³-hybridized carbons (Fsp3) is 0.458. The highest BCUT2D eigenvalue weighted by molar-refractivity contribution is 9.10. The molecule has 1 fully saturated rings. The van der Waals surface area contributed by atoms with Crippen molar-refractivity contribution < 1.29 is 14.3 Å². The number of nitrogens with one attached hydrogen (secondary N) is 2. The van der Waals surface area contributed by atoms with Gasteiger partial charge in [0, 0.05) is 29.3 Å². The summed E-state index contributed by atoms with van der Waals surface area (Å²) in [5.41, 5.74) is 0.511. The Kier molecular flexibility index (Phi) is 8.12. The normalized spacial score (nSPS) is 18.5. The molecule has 8 heteroatoms. The maximum absolute atomic E-state index is 13.2. The monoisotopic (exact) mass is 502 g/mol. The number of aromatic nitrogens is 1. The van der Waals surface area contributed by atoms with Gasteiger partial charge in [-0.1, -0.05) is 30.3 Å². The van der Waals surface area contributed by atoms with E-state index in [1.165, 1.54) is 0 Å². The minimum Gasteiger partial charge on any atom is -0.444 e. The second-order valence-electron chi connectivity index (χ2n) is 9.00. The van der Waals surface area contributed by atoms with Crippen LogP contribution in [0.25, 0.3) is 0 Å². The van der Waals surface area contributed by atoms with Gasteiger partial charge in [0.05, 0.1) is 0 Å². The number of urea groups is 1. The summed E-state index contributed by atoms with van der Waals surface area (Å²) in [5.74, 6) is 0.613. The summed E-state index contributed by atoms with van der Waals surface area (Å²) in [4.78, 5) is 31.5. The average Bonchev–Trinajstić information content (AvgIpc) is 2.74. The molecule has 3 amide bonds. The molecule has 0 aliphatic heterocycles. The minimum atomic E-state index is -0.526. The number of hydrogen-bond acceptors (Lipinski definition) is 4. The number of ether oxygens (including phenoxy) is 1.